The fourth-order valence-corrected chi connectivity index (χ4v) is 3.79. The van der Waals surface area contributed by atoms with E-state index in [1.54, 1.807) is 12.0 Å². The molecule has 1 atom stereocenters. The third kappa shape index (κ3) is 6.82. The normalized spacial score (nSPS) is 11.6. The smallest absolute Gasteiger partial charge is 0.242 e. The Morgan fingerprint density at radius 3 is 2.28 bits per heavy atom. The minimum atomic E-state index is -0.497. The summed E-state index contributed by atoms with van der Waals surface area (Å²) in [6.45, 7) is 6.77. The van der Waals surface area contributed by atoms with Gasteiger partial charge in [-0.2, -0.15) is 0 Å². The number of ether oxygens (including phenoxy) is 1. The number of carbonyl (C=O) groups excluding carboxylic acids is 2. The van der Waals surface area contributed by atoms with E-state index in [1.807, 2.05) is 69.3 Å². The van der Waals surface area contributed by atoms with E-state index in [0.717, 1.165) is 16.2 Å². The predicted molar refractivity (Wildman–Crippen MR) is 118 cm³/mol. The van der Waals surface area contributed by atoms with Gasteiger partial charge < -0.3 is 15.0 Å². The Bertz CT molecular complexity index is 791. The lowest BCUT2D eigenvalue weighted by Crippen LogP contribution is -2.49. The first-order chi connectivity index (χ1) is 14.0. The van der Waals surface area contributed by atoms with Gasteiger partial charge >= 0.3 is 0 Å². The number of thioether (sulfide) groups is 1. The molecule has 29 heavy (non-hydrogen) atoms. The number of carbonyl (C=O) groups is 2. The second-order valence-electron chi connectivity index (χ2n) is 6.79. The maximum Gasteiger partial charge on any atom is 0.242 e. The summed E-state index contributed by atoms with van der Waals surface area (Å²) in [5.41, 5.74) is 2.14. The second-order valence-corrected chi connectivity index (χ2v) is 7.84. The summed E-state index contributed by atoms with van der Waals surface area (Å²) in [6, 6.07) is 15.2. The molecule has 5 nitrogen and oxygen atoms in total. The van der Waals surface area contributed by atoms with E-state index >= 15 is 0 Å². The van der Waals surface area contributed by atoms with Crippen LogP contribution in [-0.2, 0) is 16.1 Å². The number of rotatable bonds is 10. The molecular weight excluding hydrogens is 384 g/mol. The number of aryl methyl sites for hydroxylation is 1. The summed E-state index contributed by atoms with van der Waals surface area (Å²) in [4.78, 5) is 28.4. The first-order valence-corrected chi connectivity index (χ1v) is 10.9. The van der Waals surface area contributed by atoms with E-state index in [0.29, 0.717) is 19.5 Å². The van der Waals surface area contributed by atoms with Crippen molar-refractivity contribution < 1.29 is 14.3 Å². The number of benzene rings is 2. The van der Waals surface area contributed by atoms with Crippen LogP contribution in [0.5, 0.6) is 5.75 Å². The zero-order valence-electron chi connectivity index (χ0n) is 17.6. The fourth-order valence-electron chi connectivity index (χ4n) is 3.00. The van der Waals surface area contributed by atoms with Crippen molar-refractivity contribution in [3.8, 4) is 5.75 Å². The number of methoxy groups -OCH3 is 1. The largest absolute Gasteiger partial charge is 0.497 e. The molecular formula is C23H30N2O3S. The van der Waals surface area contributed by atoms with Gasteiger partial charge in [0.15, 0.2) is 0 Å². The van der Waals surface area contributed by atoms with Gasteiger partial charge in [0.05, 0.1) is 12.9 Å². The molecule has 0 saturated heterocycles. The molecule has 0 aliphatic heterocycles. The highest BCUT2D eigenvalue weighted by atomic mass is 32.2. The molecule has 156 valence electrons. The molecule has 0 aliphatic rings. The van der Waals surface area contributed by atoms with E-state index < -0.39 is 6.04 Å². The van der Waals surface area contributed by atoms with E-state index in [4.69, 9.17) is 4.74 Å². The van der Waals surface area contributed by atoms with Crippen molar-refractivity contribution in [3.63, 3.8) is 0 Å². The zero-order chi connectivity index (χ0) is 21.2. The molecule has 6 heteroatoms. The summed E-state index contributed by atoms with van der Waals surface area (Å²) >= 11 is 1.49. The maximum atomic E-state index is 13.1. The van der Waals surface area contributed by atoms with Gasteiger partial charge in [-0.15, -0.1) is 11.8 Å². The molecule has 0 aromatic heterocycles. The van der Waals surface area contributed by atoms with Crippen molar-refractivity contribution in [2.24, 2.45) is 0 Å². The Kier molecular flexibility index (Phi) is 9.06. The Balaban J connectivity index is 2.17. The van der Waals surface area contributed by atoms with Gasteiger partial charge in [-0.1, -0.05) is 36.8 Å². The van der Waals surface area contributed by atoms with Crippen LogP contribution in [0.1, 0.15) is 31.4 Å². The van der Waals surface area contributed by atoms with Crippen LogP contribution in [0.15, 0.2) is 53.4 Å². The van der Waals surface area contributed by atoms with E-state index in [-0.39, 0.29) is 17.6 Å². The highest BCUT2D eigenvalue weighted by Gasteiger charge is 2.28. The van der Waals surface area contributed by atoms with Gasteiger partial charge in [-0.05, 0) is 50.1 Å². The average molecular weight is 415 g/mol. The Morgan fingerprint density at radius 1 is 1.07 bits per heavy atom. The Morgan fingerprint density at radius 2 is 1.72 bits per heavy atom. The summed E-state index contributed by atoms with van der Waals surface area (Å²) in [5.74, 6) is 0.883. The van der Waals surface area contributed by atoms with Crippen LogP contribution in [-0.4, -0.2) is 42.2 Å². The number of hydrogen-bond acceptors (Lipinski definition) is 4. The van der Waals surface area contributed by atoms with Crippen molar-refractivity contribution in [1.82, 2.24) is 10.2 Å². The molecule has 0 aliphatic carbocycles. The number of hydrogen-bond donors (Lipinski definition) is 1. The molecule has 0 heterocycles. The maximum absolute atomic E-state index is 13.1. The summed E-state index contributed by atoms with van der Waals surface area (Å²) in [7, 11) is 1.62. The molecule has 1 N–H and O–H groups in total. The van der Waals surface area contributed by atoms with Crippen LogP contribution >= 0.6 is 11.8 Å². The van der Waals surface area contributed by atoms with Crippen LogP contribution in [0, 0.1) is 6.92 Å². The Hall–Kier alpha value is -2.47. The van der Waals surface area contributed by atoms with E-state index in [2.05, 4.69) is 5.32 Å². The predicted octanol–water partition coefficient (Wildman–Crippen LogP) is 4.04. The zero-order valence-corrected chi connectivity index (χ0v) is 18.4. The monoisotopic (exact) mass is 414 g/mol. The van der Waals surface area contributed by atoms with Crippen molar-refractivity contribution in [2.75, 3.05) is 19.4 Å². The third-order valence-electron chi connectivity index (χ3n) is 4.63. The molecule has 0 saturated carbocycles. The average Bonchev–Trinajstić information content (AvgIpc) is 2.73. The minimum absolute atomic E-state index is 0.0514. The molecule has 2 aromatic rings. The molecule has 2 rings (SSSR count). The van der Waals surface area contributed by atoms with Crippen LogP contribution in [0.25, 0.3) is 0 Å². The number of nitrogens with zero attached hydrogens (tertiary/aromatic N) is 1. The molecule has 0 unspecified atom stereocenters. The highest BCUT2D eigenvalue weighted by Crippen LogP contribution is 2.21. The molecule has 0 bridgehead atoms. The number of nitrogens with one attached hydrogen (secondary N) is 1. The van der Waals surface area contributed by atoms with Crippen molar-refractivity contribution >= 4 is 23.6 Å². The lowest BCUT2D eigenvalue weighted by Gasteiger charge is -2.30. The van der Waals surface area contributed by atoms with Gasteiger partial charge in [0.2, 0.25) is 11.8 Å². The standard InChI is InChI=1S/C23H30N2O3S/c1-5-21(23(27)24-6-2)25(15-18-9-11-19(28-4)12-10-18)22(26)16-29-20-13-7-17(3)8-14-20/h7-14,21H,5-6,15-16H2,1-4H3,(H,24,27)/t21-/m0/s1. The fraction of sp³-hybridized carbons (Fsp3) is 0.391. The first kappa shape index (κ1) is 22.8. The van der Waals surface area contributed by atoms with Gasteiger partial charge in [-0.3, -0.25) is 9.59 Å². The lowest BCUT2D eigenvalue weighted by molar-refractivity contribution is -0.139. The van der Waals surface area contributed by atoms with Crippen molar-refractivity contribution in [3.05, 3.63) is 59.7 Å². The van der Waals surface area contributed by atoms with Crippen LogP contribution in [0.3, 0.4) is 0 Å². The summed E-state index contributed by atoms with van der Waals surface area (Å²) < 4.78 is 5.21. The second kappa shape index (κ2) is 11.5. The van der Waals surface area contributed by atoms with Crippen LogP contribution in [0.4, 0.5) is 0 Å². The van der Waals surface area contributed by atoms with Crippen LogP contribution < -0.4 is 10.1 Å². The highest BCUT2D eigenvalue weighted by molar-refractivity contribution is 8.00. The first-order valence-electron chi connectivity index (χ1n) is 9.88. The molecule has 2 aromatic carbocycles. The van der Waals surface area contributed by atoms with Crippen LogP contribution in [0.2, 0.25) is 0 Å². The summed E-state index contributed by atoms with van der Waals surface area (Å²) in [6.07, 6.45) is 0.558. The van der Waals surface area contributed by atoms with Gasteiger partial charge in [0.1, 0.15) is 11.8 Å². The van der Waals surface area contributed by atoms with Crippen molar-refractivity contribution in [2.45, 2.75) is 44.7 Å². The van der Waals surface area contributed by atoms with Gasteiger partial charge in [0, 0.05) is 18.0 Å². The van der Waals surface area contributed by atoms with Gasteiger partial charge in [0.25, 0.3) is 0 Å². The Labute approximate surface area is 177 Å². The van der Waals surface area contributed by atoms with E-state index in [1.165, 1.54) is 17.3 Å². The number of likely N-dealkylation sites (N-methyl/N-ethyl adjacent to an activating group) is 1. The minimum Gasteiger partial charge on any atom is -0.497 e. The van der Waals surface area contributed by atoms with Crippen molar-refractivity contribution in [1.29, 1.82) is 0 Å². The third-order valence-corrected chi connectivity index (χ3v) is 5.63. The molecule has 0 spiro atoms. The molecule has 0 radical (unpaired) electrons. The van der Waals surface area contributed by atoms with E-state index in [9.17, 15) is 9.59 Å². The topological polar surface area (TPSA) is 58.6 Å². The SMILES string of the molecule is CCNC(=O)[C@H](CC)N(Cc1ccc(OC)cc1)C(=O)CSc1ccc(C)cc1. The molecule has 2 amide bonds. The summed E-state index contributed by atoms with van der Waals surface area (Å²) in [5, 5.41) is 2.86. The molecule has 0 fully saturated rings. The quantitative estimate of drug-likeness (QED) is 0.596. The van der Waals surface area contributed by atoms with Gasteiger partial charge in [-0.25, -0.2) is 0 Å². The number of amides is 2. The lowest BCUT2D eigenvalue weighted by atomic mass is 10.1.